The Hall–Kier alpha value is -5.41. The summed E-state index contributed by atoms with van der Waals surface area (Å²) in [5.74, 6) is 0.286. The van der Waals surface area contributed by atoms with E-state index in [1.165, 1.54) is 67.1 Å². The summed E-state index contributed by atoms with van der Waals surface area (Å²) in [5, 5.41) is 12.5. The monoisotopic (exact) mass is 995 g/mol. The van der Waals surface area contributed by atoms with Crippen LogP contribution in [0.1, 0.15) is 93.6 Å². The van der Waals surface area contributed by atoms with Crippen LogP contribution in [0.3, 0.4) is 0 Å². The van der Waals surface area contributed by atoms with Gasteiger partial charge in [-0.1, -0.05) is 182 Å². The Kier molecular flexibility index (Phi) is 14.1. The number of allylic oxidation sites excluding steroid dienone is 2. The van der Waals surface area contributed by atoms with Gasteiger partial charge in [-0.05, 0) is 98.9 Å². The third kappa shape index (κ3) is 9.05. The fourth-order valence-corrected chi connectivity index (χ4v) is 8.47. The predicted octanol–water partition coefficient (Wildman–Crippen LogP) is 16.3. The van der Waals surface area contributed by atoms with Crippen molar-refractivity contribution in [3.05, 3.63) is 163 Å². The van der Waals surface area contributed by atoms with E-state index in [-0.39, 0.29) is 47.9 Å². The molecule has 1 radical (unpaired) electrons. The van der Waals surface area contributed by atoms with Crippen LogP contribution in [0.4, 0.5) is 0 Å². The van der Waals surface area contributed by atoms with Crippen molar-refractivity contribution in [3.8, 4) is 66.9 Å². The second-order valence-electron chi connectivity index (χ2n) is 18.1. The maximum Gasteiger partial charge on any atom is 0.164 e. The van der Waals surface area contributed by atoms with Crippen molar-refractivity contribution < 1.29 is 30.0 Å². The molecule has 1 aromatic heterocycles. The van der Waals surface area contributed by atoms with E-state index < -0.39 is 0 Å². The summed E-state index contributed by atoms with van der Waals surface area (Å²) < 4.78 is 0. The number of aliphatic hydroxyl groups is 1. The molecule has 0 fully saturated rings. The first-order valence-electron chi connectivity index (χ1n) is 22.1. The third-order valence-corrected chi connectivity index (χ3v) is 13.5. The Morgan fingerprint density at radius 3 is 1.52 bits per heavy atom. The first-order chi connectivity index (χ1) is 29.2. The number of hydrogen-bond acceptors (Lipinski definition) is 3. The normalized spacial score (nSPS) is 12.3. The van der Waals surface area contributed by atoms with Gasteiger partial charge in [0.1, 0.15) is 5.76 Å². The second-order valence-corrected chi connectivity index (χ2v) is 18.1. The molecule has 8 rings (SSSR count). The Morgan fingerprint density at radius 1 is 0.565 bits per heavy atom. The Morgan fingerprint density at radius 2 is 1.02 bits per heavy atom. The largest absolute Gasteiger partial charge is 0.512 e. The van der Waals surface area contributed by atoms with E-state index >= 15 is 0 Å². The molecule has 0 atom stereocenters. The molecule has 0 bridgehead atoms. The van der Waals surface area contributed by atoms with Gasteiger partial charge in [-0.15, -0.1) is 29.1 Å². The zero-order chi connectivity index (χ0) is 43.5. The molecule has 6 aromatic carbocycles. The average Bonchev–Trinajstić information content (AvgIpc) is 3.29. The topological polar surface area (TPSA) is 50.2 Å². The van der Waals surface area contributed by atoms with Crippen LogP contribution in [0.25, 0.3) is 77.7 Å². The maximum atomic E-state index is 12.2. The number of nitrogens with zero attached hydrogens (tertiary/aromatic N) is 1. The van der Waals surface area contributed by atoms with Crippen LogP contribution in [0, 0.1) is 16.9 Å². The zero-order valence-electron chi connectivity index (χ0n) is 37.8. The third-order valence-electron chi connectivity index (χ3n) is 13.5. The molecule has 0 saturated carbocycles. The number of carbonyl (C=O) groups excluding carboxylic acids is 1. The van der Waals surface area contributed by atoms with Crippen LogP contribution in [-0.4, -0.2) is 15.9 Å². The molecular weight excluding hydrogens is 935 g/mol. The van der Waals surface area contributed by atoms with E-state index in [0.717, 1.165) is 47.9 Å². The van der Waals surface area contributed by atoms with Gasteiger partial charge in [0.15, 0.2) is 5.78 Å². The molecule has 1 N–H and O–H groups in total. The minimum Gasteiger partial charge on any atom is -0.512 e. The van der Waals surface area contributed by atoms with Crippen molar-refractivity contribution in [2.45, 2.75) is 93.4 Å². The SMILES string of the molecule is CC(C)(C)c1cc(-c2cc(-c3ccc4c(c3)-c3ccccc3-c3ccccc3-c3ccccc3-4)ccn2)[c-]c2ccccc12.CCC(C)(CC)C(=O)/C=C(\O)C(C)(CC)CC.[Ir]. The summed E-state index contributed by atoms with van der Waals surface area (Å²) in [5.41, 5.74) is 15.0. The summed E-state index contributed by atoms with van der Waals surface area (Å²) in [6.07, 6.45) is 6.69. The van der Waals surface area contributed by atoms with Crippen molar-refractivity contribution in [2.24, 2.45) is 10.8 Å². The van der Waals surface area contributed by atoms with E-state index in [2.05, 4.69) is 160 Å². The van der Waals surface area contributed by atoms with Crippen LogP contribution >= 0.6 is 0 Å². The van der Waals surface area contributed by atoms with Crippen molar-refractivity contribution >= 4 is 16.6 Å². The van der Waals surface area contributed by atoms with Crippen molar-refractivity contribution in [2.75, 3.05) is 0 Å². The number of carbonyl (C=O) groups is 1. The number of hydrogen-bond donors (Lipinski definition) is 1. The Bertz CT molecular complexity index is 2740. The second kappa shape index (κ2) is 18.9. The molecule has 1 aliphatic carbocycles. The fraction of sp³-hybridized carbons (Fsp3) is 0.276. The molecule has 319 valence electrons. The minimum atomic E-state index is -0.337. The summed E-state index contributed by atoms with van der Waals surface area (Å²) in [6.45, 7) is 18.9. The van der Waals surface area contributed by atoms with Gasteiger partial charge in [-0.25, -0.2) is 0 Å². The van der Waals surface area contributed by atoms with Crippen molar-refractivity contribution in [1.82, 2.24) is 4.98 Å². The van der Waals surface area contributed by atoms with E-state index in [1.807, 2.05) is 47.7 Å². The number of aromatic nitrogens is 1. The average molecular weight is 995 g/mol. The molecule has 0 aliphatic heterocycles. The minimum absolute atomic E-state index is 0. The molecule has 1 heterocycles. The summed E-state index contributed by atoms with van der Waals surface area (Å²) >= 11 is 0. The molecule has 4 heteroatoms. The molecular formula is C58H60IrNO2-. The van der Waals surface area contributed by atoms with Gasteiger partial charge in [-0.3, -0.25) is 9.78 Å². The smallest absolute Gasteiger partial charge is 0.164 e. The van der Waals surface area contributed by atoms with Gasteiger partial charge in [0.05, 0.1) is 0 Å². The maximum absolute atomic E-state index is 12.2. The van der Waals surface area contributed by atoms with E-state index in [9.17, 15) is 9.90 Å². The summed E-state index contributed by atoms with van der Waals surface area (Å²) in [4.78, 5) is 17.0. The van der Waals surface area contributed by atoms with Gasteiger partial charge in [-0.2, -0.15) is 0 Å². The number of benzene rings is 6. The molecule has 3 nitrogen and oxygen atoms in total. The van der Waals surface area contributed by atoms with Crippen LogP contribution in [0.2, 0.25) is 0 Å². The van der Waals surface area contributed by atoms with Gasteiger partial charge in [0, 0.05) is 48.9 Å². The van der Waals surface area contributed by atoms with Crippen molar-refractivity contribution in [1.29, 1.82) is 0 Å². The first kappa shape index (κ1) is 46.1. The quantitative estimate of drug-likeness (QED) is 0.0891. The Balaban J connectivity index is 0.000000305. The first-order valence-corrected chi connectivity index (χ1v) is 22.1. The number of ketones is 1. The number of aliphatic hydroxyl groups excluding tert-OH is 1. The number of fused-ring (bicyclic) bond motifs is 9. The Labute approximate surface area is 383 Å². The van der Waals surface area contributed by atoms with E-state index in [0.29, 0.717) is 0 Å². The molecule has 62 heavy (non-hydrogen) atoms. The van der Waals surface area contributed by atoms with Crippen molar-refractivity contribution in [3.63, 3.8) is 0 Å². The summed E-state index contributed by atoms with van der Waals surface area (Å²) in [6, 6.07) is 52.2. The van der Waals surface area contributed by atoms with Gasteiger partial charge < -0.3 is 5.11 Å². The van der Waals surface area contributed by atoms with Crippen LogP contribution in [-0.2, 0) is 30.3 Å². The number of pyridine rings is 1. The van der Waals surface area contributed by atoms with E-state index in [1.54, 1.807) is 0 Å². The van der Waals surface area contributed by atoms with Crippen LogP contribution < -0.4 is 0 Å². The molecule has 1 aliphatic rings. The van der Waals surface area contributed by atoms with E-state index in [4.69, 9.17) is 4.98 Å². The van der Waals surface area contributed by atoms with Crippen LogP contribution in [0.5, 0.6) is 0 Å². The molecule has 0 saturated heterocycles. The molecule has 0 spiro atoms. The van der Waals surface area contributed by atoms with Gasteiger partial charge in [0.2, 0.25) is 0 Å². The molecule has 0 amide bonds. The van der Waals surface area contributed by atoms with Crippen LogP contribution in [0.15, 0.2) is 151 Å². The molecule has 7 aromatic rings. The zero-order valence-corrected chi connectivity index (χ0v) is 40.2. The fourth-order valence-electron chi connectivity index (χ4n) is 8.47. The van der Waals surface area contributed by atoms with Gasteiger partial charge >= 0.3 is 0 Å². The van der Waals surface area contributed by atoms with Gasteiger partial charge in [0.25, 0.3) is 0 Å². The number of rotatable bonds is 9. The predicted molar refractivity (Wildman–Crippen MR) is 259 cm³/mol. The standard InChI is InChI=1S/C43H32N.C15H28O2.Ir/c1-43(2,3)41-26-31(24-30-12-4-5-13-32(30)41)42-27-29(22-23-44-42)28-20-21-39-37-18-9-8-16-35(37)33-14-6-7-15-34(33)36-17-10-11-19-38(36)40(39)25-28;1-7-14(5,8-2)12(16)11-13(17)15(6,9-3)10-4;/h4-23,25-27H,1-3H3;11,16H,7-10H2,1-6H3;/q-1;;/b;12-11-;. The summed E-state index contributed by atoms with van der Waals surface area (Å²) in [7, 11) is 0. The molecule has 0 unspecified atom stereocenters.